The lowest BCUT2D eigenvalue weighted by Crippen LogP contribution is -2.37. The van der Waals surface area contributed by atoms with Gasteiger partial charge in [-0.1, -0.05) is 11.6 Å². The molecule has 0 bridgehead atoms. The maximum Gasteiger partial charge on any atom is 0.254 e. The quantitative estimate of drug-likeness (QED) is 0.677. The Morgan fingerprint density at radius 2 is 1.89 bits per heavy atom. The van der Waals surface area contributed by atoms with Crippen molar-refractivity contribution in [1.29, 1.82) is 0 Å². The van der Waals surface area contributed by atoms with E-state index in [0.717, 1.165) is 24.6 Å². The first-order valence-electron chi connectivity index (χ1n) is 8.47. The Morgan fingerprint density at radius 3 is 2.59 bits per heavy atom. The second-order valence-corrected chi connectivity index (χ2v) is 6.38. The van der Waals surface area contributed by atoms with Crippen LogP contribution in [0, 0.1) is 0 Å². The average molecular weight is 385 g/mol. The lowest BCUT2D eigenvalue weighted by molar-refractivity contribution is 0.111. The summed E-state index contributed by atoms with van der Waals surface area (Å²) in [6.07, 6.45) is 2.35. The van der Waals surface area contributed by atoms with Gasteiger partial charge in [-0.25, -0.2) is 4.68 Å². The van der Waals surface area contributed by atoms with Gasteiger partial charge in [-0.05, 0) is 30.3 Å². The van der Waals surface area contributed by atoms with Crippen molar-refractivity contribution in [2.45, 2.75) is 0 Å². The fraction of sp³-hybridized carbons (Fsp3) is 0.222. The number of halogens is 1. The van der Waals surface area contributed by atoms with E-state index in [1.807, 2.05) is 18.2 Å². The van der Waals surface area contributed by atoms with Gasteiger partial charge in [0.05, 0.1) is 13.2 Å². The summed E-state index contributed by atoms with van der Waals surface area (Å²) in [7, 11) is 0. The maximum absolute atomic E-state index is 10.9. The van der Waals surface area contributed by atoms with Crippen LogP contribution < -0.4 is 10.2 Å². The molecule has 0 spiro atoms. The predicted octanol–water partition coefficient (Wildman–Crippen LogP) is 2.71. The molecule has 9 heteroatoms. The van der Waals surface area contributed by atoms with Crippen molar-refractivity contribution in [2.75, 3.05) is 36.5 Å². The molecular formula is C18H17ClN6O2. The second-order valence-electron chi connectivity index (χ2n) is 5.95. The summed E-state index contributed by atoms with van der Waals surface area (Å²) in [5.41, 5.74) is 1.17. The Morgan fingerprint density at radius 1 is 1.11 bits per heavy atom. The topological polar surface area (TPSA) is 85.2 Å². The molecule has 138 valence electrons. The Labute approximate surface area is 160 Å². The van der Waals surface area contributed by atoms with E-state index in [4.69, 9.17) is 16.3 Å². The first kappa shape index (κ1) is 17.4. The predicted molar refractivity (Wildman–Crippen MR) is 102 cm³/mol. The van der Waals surface area contributed by atoms with E-state index in [1.54, 1.807) is 24.4 Å². The van der Waals surface area contributed by atoms with Crippen molar-refractivity contribution in [3.05, 3.63) is 53.3 Å². The Balaban J connectivity index is 1.70. The van der Waals surface area contributed by atoms with Gasteiger partial charge in [-0.3, -0.25) is 4.79 Å². The summed E-state index contributed by atoms with van der Waals surface area (Å²) in [4.78, 5) is 22.2. The van der Waals surface area contributed by atoms with Crippen LogP contribution in [0.25, 0.3) is 5.95 Å². The Kier molecular flexibility index (Phi) is 4.99. The molecule has 3 heterocycles. The highest BCUT2D eigenvalue weighted by molar-refractivity contribution is 6.30. The molecule has 1 N–H and O–H groups in total. The largest absolute Gasteiger partial charge is 0.378 e. The van der Waals surface area contributed by atoms with E-state index < -0.39 is 0 Å². The van der Waals surface area contributed by atoms with Gasteiger partial charge in [0.15, 0.2) is 6.29 Å². The van der Waals surface area contributed by atoms with E-state index in [0.29, 0.717) is 42.0 Å². The lowest BCUT2D eigenvalue weighted by atomic mass is 10.3. The molecule has 2 aromatic heterocycles. The van der Waals surface area contributed by atoms with E-state index in [-0.39, 0.29) is 0 Å². The highest BCUT2D eigenvalue weighted by Crippen LogP contribution is 2.23. The first-order chi connectivity index (χ1) is 13.2. The zero-order chi connectivity index (χ0) is 18.6. The van der Waals surface area contributed by atoms with Crippen molar-refractivity contribution >= 4 is 35.2 Å². The first-order valence-corrected chi connectivity index (χ1v) is 8.85. The molecule has 0 radical (unpaired) electrons. The number of rotatable bonds is 5. The standard InChI is InChI=1S/C18H17ClN6O2/c19-13-1-3-14(4-2-13)20-16-11-17(24-7-9-27-10-8-24)22-18(21-16)25-6-5-15(12-26)23-25/h1-6,11-12H,7-10H2,(H,20,21,22). The molecule has 1 aliphatic heterocycles. The van der Waals surface area contributed by atoms with Crippen LogP contribution in [0.1, 0.15) is 10.5 Å². The third-order valence-corrected chi connectivity index (χ3v) is 4.34. The zero-order valence-electron chi connectivity index (χ0n) is 14.4. The van der Waals surface area contributed by atoms with E-state index in [1.165, 1.54) is 4.68 Å². The summed E-state index contributed by atoms with van der Waals surface area (Å²) in [6, 6.07) is 10.9. The van der Waals surface area contributed by atoms with Crippen LogP contribution in [0.15, 0.2) is 42.6 Å². The van der Waals surface area contributed by atoms with Crippen molar-refractivity contribution in [1.82, 2.24) is 19.7 Å². The number of hydrogen-bond donors (Lipinski definition) is 1. The molecule has 1 aromatic carbocycles. The summed E-state index contributed by atoms with van der Waals surface area (Å²) in [5.74, 6) is 1.76. The van der Waals surface area contributed by atoms with Crippen molar-refractivity contribution in [3.63, 3.8) is 0 Å². The van der Waals surface area contributed by atoms with E-state index >= 15 is 0 Å². The molecule has 8 nitrogen and oxygen atoms in total. The van der Waals surface area contributed by atoms with E-state index in [9.17, 15) is 4.79 Å². The van der Waals surface area contributed by atoms with Crippen LogP contribution >= 0.6 is 11.6 Å². The van der Waals surface area contributed by atoms with Gasteiger partial charge in [0.25, 0.3) is 5.95 Å². The average Bonchev–Trinajstić information content (AvgIpc) is 3.20. The number of carbonyl (C=O) groups is 1. The summed E-state index contributed by atoms with van der Waals surface area (Å²) in [5, 5.41) is 8.11. The molecular weight excluding hydrogens is 368 g/mol. The number of benzene rings is 1. The minimum atomic E-state index is 0.322. The molecule has 4 rings (SSSR count). The molecule has 3 aromatic rings. The zero-order valence-corrected chi connectivity index (χ0v) is 15.1. The van der Waals surface area contributed by atoms with Crippen LogP contribution in [-0.2, 0) is 4.74 Å². The lowest BCUT2D eigenvalue weighted by Gasteiger charge is -2.28. The highest BCUT2D eigenvalue weighted by Gasteiger charge is 2.16. The van der Waals surface area contributed by atoms with Gasteiger partial charge in [0, 0.05) is 36.1 Å². The van der Waals surface area contributed by atoms with Gasteiger partial charge in [-0.2, -0.15) is 15.1 Å². The van der Waals surface area contributed by atoms with Crippen LogP contribution in [0.4, 0.5) is 17.3 Å². The van der Waals surface area contributed by atoms with Crippen LogP contribution in [-0.4, -0.2) is 52.3 Å². The molecule has 1 fully saturated rings. The number of hydrogen-bond acceptors (Lipinski definition) is 7. The van der Waals surface area contributed by atoms with E-state index in [2.05, 4.69) is 25.3 Å². The normalized spacial score (nSPS) is 14.2. The van der Waals surface area contributed by atoms with Gasteiger partial charge in [0.1, 0.15) is 17.3 Å². The number of aldehydes is 1. The minimum absolute atomic E-state index is 0.322. The number of carbonyl (C=O) groups excluding carboxylic acids is 1. The van der Waals surface area contributed by atoms with Crippen molar-refractivity contribution in [3.8, 4) is 5.95 Å². The highest BCUT2D eigenvalue weighted by atomic mass is 35.5. The number of ether oxygens (including phenoxy) is 1. The molecule has 27 heavy (non-hydrogen) atoms. The van der Waals surface area contributed by atoms with Gasteiger partial charge in [0.2, 0.25) is 0 Å². The van der Waals surface area contributed by atoms with Gasteiger partial charge < -0.3 is 15.0 Å². The third-order valence-electron chi connectivity index (χ3n) is 4.09. The van der Waals surface area contributed by atoms with Crippen LogP contribution in [0.3, 0.4) is 0 Å². The second kappa shape index (κ2) is 7.73. The number of nitrogens with zero attached hydrogens (tertiary/aromatic N) is 5. The van der Waals surface area contributed by atoms with Gasteiger partial charge in [-0.15, -0.1) is 0 Å². The summed E-state index contributed by atoms with van der Waals surface area (Å²) >= 11 is 5.95. The monoisotopic (exact) mass is 384 g/mol. The van der Waals surface area contributed by atoms with Crippen molar-refractivity contribution in [2.24, 2.45) is 0 Å². The molecule has 1 aliphatic rings. The fourth-order valence-electron chi connectivity index (χ4n) is 2.74. The van der Waals surface area contributed by atoms with Crippen molar-refractivity contribution < 1.29 is 9.53 Å². The smallest absolute Gasteiger partial charge is 0.254 e. The number of nitrogens with one attached hydrogen (secondary N) is 1. The number of morpholine rings is 1. The Hall–Kier alpha value is -2.97. The molecule has 0 unspecified atom stereocenters. The SMILES string of the molecule is O=Cc1ccn(-c2nc(Nc3ccc(Cl)cc3)cc(N3CCOCC3)n2)n1. The summed E-state index contributed by atoms with van der Waals surface area (Å²) in [6.45, 7) is 2.79. The molecule has 1 saturated heterocycles. The molecule has 0 atom stereocenters. The third kappa shape index (κ3) is 4.07. The molecule has 0 saturated carbocycles. The molecule has 0 aliphatic carbocycles. The minimum Gasteiger partial charge on any atom is -0.378 e. The number of aromatic nitrogens is 4. The summed E-state index contributed by atoms with van der Waals surface area (Å²) < 4.78 is 6.91. The van der Waals surface area contributed by atoms with Crippen LogP contribution in [0.2, 0.25) is 5.02 Å². The fourth-order valence-corrected chi connectivity index (χ4v) is 2.86. The number of anilines is 3. The maximum atomic E-state index is 10.9. The molecule has 0 amide bonds. The Bertz CT molecular complexity index is 937. The van der Waals surface area contributed by atoms with Gasteiger partial charge >= 0.3 is 0 Å². The van der Waals surface area contributed by atoms with Crippen LogP contribution in [0.5, 0.6) is 0 Å².